The highest BCUT2D eigenvalue weighted by molar-refractivity contribution is 9.10. The molecule has 0 amide bonds. The van der Waals surface area contributed by atoms with Gasteiger partial charge in [-0.1, -0.05) is 6.07 Å². The molecule has 1 aromatic heterocycles. The topological polar surface area (TPSA) is 24.9 Å². The first kappa shape index (κ1) is 10.1. The predicted molar refractivity (Wildman–Crippen MR) is 58.5 cm³/mol. The van der Waals surface area contributed by atoms with Crippen LogP contribution in [-0.4, -0.2) is 11.5 Å². The second kappa shape index (κ2) is 5.60. The summed E-state index contributed by atoms with van der Waals surface area (Å²) < 4.78 is 0.842. The Bertz CT molecular complexity index is 304. The van der Waals surface area contributed by atoms with Gasteiger partial charge in [0.05, 0.1) is 0 Å². The minimum Gasteiger partial charge on any atom is -0.370 e. The average molecular weight is 239 g/mol. The van der Waals surface area contributed by atoms with Gasteiger partial charge in [-0.3, -0.25) is 0 Å². The highest BCUT2D eigenvalue weighted by atomic mass is 79.9. The Morgan fingerprint density at radius 2 is 2.38 bits per heavy atom. The van der Waals surface area contributed by atoms with E-state index in [0.29, 0.717) is 0 Å². The third-order valence-corrected chi connectivity index (χ3v) is 1.96. The molecule has 0 aliphatic carbocycles. The maximum atomic E-state index is 5.13. The number of pyridine rings is 1. The van der Waals surface area contributed by atoms with Crippen LogP contribution in [0.4, 0.5) is 5.82 Å². The van der Waals surface area contributed by atoms with E-state index >= 15 is 0 Å². The number of hydrogen-bond donors (Lipinski definition) is 1. The lowest BCUT2D eigenvalue weighted by Gasteiger charge is -2.03. The van der Waals surface area contributed by atoms with Crippen molar-refractivity contribution in [2.24, 2.45) is 0 Å². The quantitative estimate of drug-likeness (QED) is 0.496. The Hall–Kier alpha value is -1.01. The minimum absolute atomic E-state index is 0.807. The molecule has 0 unspecified atom stereocenters. The van der Waals surface area contributed by atoms with E-state index < -0.39 is 0 Å². The molecule has 1 N–H and O–H groups in total. The van der Waals surface area contributed by atoms with Crippen LogP contribution in [-0.2, 0) is 0 Å². The van der Waals surface area contributed by atoms with E-state index in [1.165, 1.54) is 0 Å². The van der Waals surface area contributed by atoms with E-state index in [0.717, 1.165) is 29.8 Å². The molecule has 3 heteroatoms. The van der Waals surface area contributed by atoms with Gasteiger partial charge in [-0.25, -0.2) is 4.98 Å². The molecule has 0 fully saturated rings. The van der Waals surface area contributed by atoms with Crippen molar-refractivity contribution in [1.29, 1.82) is 0 Å². The number of hydrogen-bond acceptors (Lipinski definition) is 2. The lowest BCUT2D eigenvalue weighted by atomic mass is 10.3. The molecule has 13 heavy (non-hydrogen) atoms. The Kier molecular flexibility index (Phi) is 4.34. The molecule has 1 rings (SSSR count). The van der Waals surface area contributed by atoms with Gasteiger partial charge < -0.3 is 5.32 Å². The normalized spacial score (nSPS) is 9.23. The lowest BCUT2D eigenvalue weighted by molar-refractivity contribution is 0.900. The first-order valence-electron chi connectivity index (χ1n) is 4.13. The summed E-state index contributed by atoms with van der Waals surface area (Å²) in [6.07, 6.45) is 6.91. The van der Waals surface area contributed by atoms with Gasteiger partial charge in [0.15, 0.2) is 0 Å². The second-order valence-electron chi connectivity index (χ2n) is 2.58. The van der Waals surface area contributed by atoms with Gasteiger partial charge in [-0.15, -0.1) is 12.3 Å². The molecule has 0 aromatic carbocycles. The van der Waals surface area contributed by atoms with Gasteiger partial charge in [-0.2, -0.15) is 0 Å². The summed E-state index contributed by atoms with van der Waals surface area (Å²) >= 11 is 3.30. The third-order valence-electron chi connectivity index (χ3n) is 1.52. The molecular formula is C10H11BrN2. The zero-order valence-corrected chi connectivity index (χ0v) is 8.84. The summed E-state index contributed by atoms with van der Waals surface area (Å²) in [6.45, 7) is 0.869. The fourth-order valence-corrected chi connectivity index (χ4v) is 1.26. The number of unbranched alkanes of at least 4 members (excludes halogenated alkanes) is 1. The summed E-state index contributed by atoms with van der Waals surface area (Å²) in [6, 6.07) is 5.77. The van der Waals surface area contributed by atoms with E-state index in [2.05, 4.69) is 32.2 Å². The zero-order valence-electron chi connectivity index (χ0n) is 7.26. The number of aromatic nitrogens is 1. The zero-order chi connectivity index (χ0) is 9.52. The Labute approximate surface area is 86.9 Å². The molecule has 0 bridgehead atoms. The van der Waals surface area contributed by atoms with E-state index in [1.807, 2.05) is 18.2 Å². The van der Waals surface area contributed by atoms with Crippen LogP contribution >= 0.6 is 15.9 Å². The molecule has 2 nitrogen and oxygen atoms in total. The SMILES string of the molecule is C#CCCCNc1cccc(Br)n1. The van der Waals surface area contributed by atoms with E-state index in [1.54, 1.807) is 0 Å². The standard InChI is InChI=1S/C10H11BrN2/c1-2-3-4-8-12-10-7-5-6-9(11)13-10/h1,5-7H,3-4,8H2,(H,12,13). The number of nitrogens with zero attached hydrogens (tertiary/aromatic N) is 1. The predicted octanol–water partition coefficient (Wildman–Crippen LogP) is 2.67. The van der Waals surface area contributed by atoms with Gasteiger partial charge in [0, 0.05) is 13.0 Å². The maximum absolute atomic E-state index is 5.13. The molecule has 1 heterocycles. The number of rotatable bonds is 4. The largest absolute Gasteiger partial charge is 0.370 e. The van der Waals surface area contributed by atoms with E-state index in [-0.39, 0.29) is 0 Å². The van der Waals surface area contributed by atoms with Crippen LogP contribution in [0.1, 0.15) is 12.8 Å². The van der Waals surface area contributed by atoms with E-state index in [9.17, 15) is 0 Å². The first-order chi connectivity index (χ1) is 6.33. The van der Waals surface area contributed by atoms with Crippen LogP contribution in [0.15, 0.2) is 22.8 Å². The molecule has 1 aromatic rings. The van der Waals surface area contributed by atoms with Gasteiger partial charge in [0.1, 0.15) is 10.4 Å². The fourth-order valence-electron chi connectivity index (χ4n) is 0.914. The maximum Gasteiger partial charge on any atom is 0.127 e. The first-order valence-corrected chi connectivity index (χ1v) is 4.92. The third kappa shape index (κ3) is 3.95. The molecule has 0 saturated carbocycles. The van der Waals surface area contributed by atoms with Crippen LogP contribution in [0.5, 0.6) is 0 Å². The molecular weight excluding hydrogens is 228 g/mol. The number of terminal acetylenes is 1. The summed E-state index contributed by atoms with van der Waals surface area (Å²) in [5, 5.41) is 3.18. The molecule has 0 saturated heterocycles. The number of anilines is 1. The summed E-state index contributed by atoms with van der Waals surface area (Å²) in [7, 11) is 0. The van der Waals surface area contributed by atoms with E-state index in [4.69, 9.17) is 6.42 Å². The smallest absolute Gasteiger partial charge is 0.127 e. The Balaban J connectivity index is 2.33. The highest BCUT2D eigenvalue weighted by Crippen LogP contribution is 2.09. The molecule has 0 aliphatic heterocycles. The molecule has 0 spiro atoms. The van der Waals surface area contributed by atoms with Gasteiger partial charge in [-0.05, 0) is 34.5 Å². The van der Waals surface area contributed by atoms with Crippen LogP contribution in [0, 0.1) is 12.3 Å². The monoisotopic (exact) mass is 238 g/mol. The molecule has 0 aliphatic rings. The summed E-state index contributed by atoms with van der Waals surface area (Å²) in [5.74, 6) is 3.48. The van der Waals surface area contributed by atoms with Crippen molar-refractivity contribution in [3.63, 3.8) is 0 Å². The van der Waals surface area contributed by atoms with Crippen molar-refractivity contribution in [3.8, 4) is 12.3 Å². The second-order valence-corrected chi connectivity index (χ2v) is 3.39. The lowest BCUT2D eigenvalue weighted by Crippen LogP contribution is -2.02. The molecule has 68 valence electrons. The number of nitrogens with one attached hydrogen (secondary N) is 1. The van der Waals surface area contributed by atoms with Crippen LogP contribution < -0.4 is 5.32 Å². The average Bonchev–Trinajstić information content (AvgIpc) is 2.13. The molecule has 0 radical (unpaired) electrons. The summed E-state index contributed by atoms with van der Waals surface area (Å²) in [4.78, 5) is 4.22. The van der Waals surface area contributed by atoms with Gasteiger partial charge in [0.2, 0.25) is 0 Å². The molecule has 0 atom stereocenters. The van der Waals surface area contributed by atoms with Crippen molar-refractivity contribution < 1.29 is 0 Å². The van der Waals surface area contributed by atoms with Crippen molar-refractivity contribution in [2.45, 2.75) is 12.8 Å². The fraction of sp³-hybridized carbons (Fsp3) is 0.300. The Morgan fingerprint density at radius 3 is 3.08 bits per heavy atom. The number of halogens is 1. The van der Waals surface area contributed by atoms with Crippen molar-refractivity contribution in [3.05, 3.63) is 22.8 Å². The van der Waals surface area contributed by atoms with Crippen LogP contribution in [0.2, 0.25) is 0 Å². The summed E-state index contributed by atoms with van der Waals surface area (Å²) in [5.41, 5.74) is 0. The van der Waals surface area contributed by atoms with Crippen molar-refractivity contribution in [2.75, 3.05) is 11.9 Å². The minimum atomic E-state index is 0.807. The van der Waals surface area contributed by atoms with Crippen molar-refractivity contribution >= 4 is 21.7 Å². The van der Waals surface area contributed by atoms with Crippen LogP contribution in [0.3, 0.4) is 0 Å². The van der Waals surface area contributed by atoms with Gasteiger partial charge in [0.25, 0.3) is 0 Å². The van der Waals surface area contributed by atoms with Crippen LogP contribution in [0.25, 0.3) is 0 Å². The Morgan fingerprint density at radius 1 is 1.54 bits per heavy atom. The highest BCUT2D eigenvalue weighted by Gasteiger charge is 1.92. The van der Waals surface area contributed by atoms with Crippen molar-refractivity contribution in [1.82, 2.24) is 4.98 Å². The van der Waals surface area contributed by atoms with Gasteiger partial charge >= 0.3 is 0 Å².